The molecular formula is C27H33F2N7O2S. The number of aliphatic hydroxyl groups excluding tert-OH is 1. The number of hydrogen-bond acceptors (Lipinski definition) is 7. The highest BCUT2D eigenvalue weighted by Gasteiger charge is 2.44. The first-order chi connectivity index (χ1) is 18.8. The lowest BCUT2D eigenvalue weighted by atomic mass is 9.93. The molecule has 1 aromatic carbocycles. The van der Waals surface area contributed by atoms with Gasteiger partial charge in [0.1, 0.15) is 22.5 Å². The third-order valence-electron chi connectivity index (χ3n) is 8.15. The van der Waals surface area contributed by atoms with Gasteiger partial charge in [0.25, 0.3) is 5.92 Å². The Morgan fingerprint density at radius 3 is 2.44 bits per heavy atom. The molecule has 1 atom stereocenters. The number of pyridine rings is 1. The third kappa shape index (κ3) is 5.76. The minimum atomic E-state index is -2.61. The number of alkyl halides is 2. The quantitative estimate of drug-likeness (QED) is 0.381. The molecule has 12 heteroatoms. The molecule has 0 bridgehead atoms. The Morgan fingerprint density at radius 2 is 1.72 bits per heavy atom. The molecule has 1 aliphatic carbocycles. The smallest absolute Gasteiger partial charge is 0.251 e. The fourth-order valence-electron chi connectivity index (χ4n) is 5.50. The number of aromatic amines is 1. The van der Waals surface area contributed by atoms with Crippen molar-refractivity contribution in [2.75, 3.05) is 53.1 Å². The Labute approximate surface area is 228 Å². The Balaban J connectivity index is 1.26. The first kappa shape index (κ1) is 26.1. The Morgan fingerprint density at radius 1 is 0.974 bits per heavy atom. The number of hydrogen-bond donors (Lipinski definition) is 3. The SMILES string of the molecule is O=S(CCO)Nc1ccc(-c2n[nH]c(-c3cccc(N4CCC(F)(F)CC4)n3)n2)c(N2CCC3(CC2)CC3)c1. The van der Waals surface area contributed by atoms with E-state index in [2.05, 4.69) is 19.8 Å². The zero-order valence-corrected chi connectivity index (χ0v) is 22.5. The van der Waals surface area contributed by atoms with Crippen LogP contribution in [0.3, 0.4) is 0 Å². The highest BCUT2D eigenvalue weighted by atomic mass is 32.2. The van der Waals surface area contributed by atoms with E-state index in [0.29, 0.717) is 34.3 Å². The van der Waals surface area contributed by atoms with Crippen LogP contribution in [0.25, 0.3) is 22.9 Å². The Kier molecular flexibility index (Phi) is 7.00. The van der Waals surface area contributed by atoms with Crippen LogP contribution in [-0.4, -0.2) is 73.9 Å². The summed E-state index contributed by atoms with van der Waals surface area (Å²) in [7, 11) is -1.38. The Bertz CT molecular complexity index is 1340. The van der Waals surface area contributed by atoms with E-state index >= 15 is 0 Å². The van der Waals surface area contributed by atoms with Gasteiger partial charge in [-0.25, -0.2) is 23.0 Å². The van der Waals surface area contributed by atoms with Crippen molar-refractivity contribution >= 4 is 28.2 Å². The highest BCUT2D eigenvalue weighted by Crippen LogP contribution is 2.54. The summed E-state index contributed by atoms with van der Waals surface area (Å²) in [6.45, 7) is 2.24. The summed E-state index contributed by atoms with van der Waals surface area (Å²) in [6, 6.07) is 11.3. The second-order valence-corrected chi connectivity index (χ2v) is 12.1. The minimum Gasteiger partial charge on any atom is -0.395 e. The van der Waals surface area contributed by atoms with E-state index in [1.807, 2.05) is 41.3 Å². The van der Waals surface area contributed by atoms with Gasteiger partial charge in [-0.3, -0.25) is 5.10 Å². The topological polar surface area (TPSA) is 110 Å². The van der Waals surface area contributed by atoms with Gasteiger partial charge in [0.05, 0.1) is 12.4 Å². The van der Waals surface area contributed by atoms with E-state index in [1.165, 1.54) is 12.8 Å². The fraction of sp³-hybridized carbons (Fsp3) is 0.519. The molecule has 39 heavy (non-hydrogen) atoms. The molecule has 1 spiro atoms. The van der Waals surface area contributed by atoms with Gasteiger partial charge in [-0.1, -0.05) is 6.07 Å². The molecule has 3 N–H and O–H groups in total. The molecule has 3 aliphatic rings. The molecule has 208 valence electrons. The van der Waals surface area contributed by atoms with Crippen LogP contribution in [-0.2, 0) is 11.0 Å². The van der Waals surface area contributed by atoms with Crippen LogP contribution in [0, 0.1) is 5.41 Å². The number of rotatable bonds is 8. The summed E-state index contributed by atoms with van der Waals surface area (Å²) in [6.07, 6.45) is 4.57. The Hall–Kier alpha value is -3.12. The highest BCUT2D eigenvalue weighted by molar-refractivity contribution is 7.86. The molecule has 3 fully saturated rings. The van der Waals surface area contributed by atoms with Crippen molar-refractivity contribution in [3.8, 4) is 22.9 Å². The number of nitrogens with zero attached hydrogens (tertiary/aromatic N) is 5. The first-order valence-electron chi connectivity index (χ1n) is 13.5. The van der Waals surface area contributed by atoms with Crippen molar-refractivity contribution in [3.63, 3.8) is 0 Å². The summed E-state index contributed by atoms with van der Waals surface area (Å²) in [5, 5.41) is 16.6. The van der Waals surface area contributed by atoms with E-state index < -0.39 is 16.9 Å². The summed E-state index contributed by atoms with van der Waals surface area (Å²) < 4.78 is 42.5. The largest absolute Gasteiger partial charge is 0.395 e. The van der Waals surface area contributed by atoms with Crippen LogP contribution < -0.4 is 14.5 Å². The molecule has 2 saturated heterocycles. The summed E-state index contributed by atoms with van der Waals surface area (Å²) >= 11 is 0. The van der Waals surface area contributed by atoms with E-state index in [-0.39, 0.29) is 38.3 Å². The molecule has 2 aliphatic heterocycles. The van der Waals surface area contributed by atoms with Gasteiger partial charge < -0.3 is 19.6 Å². The van der Waals surface area contributed by atoms with Gasteiger partial charge in [0.2, 0.25) is 0 Å². The lowest BCUT2D eigenvalue weighted by Crippen LogP contribution is -2.39. The van der Waals surface area contributed by atoms with Gasteiger partial charge in [-0.15, -0.1) is 0 Å². The van der Waals surface area contributed by atoms with Gasteiger partial charge in [0, 0.05) is 56.0 Å². The van der Waals surface area contributed by atoms with Crippen molar-refractivity contribution < 1.29 is 18.1 Å². The monoisotopic (exact) mass is 557 g/mol. The summed E-state index contributed by atoms with van der Waals surface area (Å²) in [5.74, 6) is -0.783. The van der Waals surface area contributed by atoms with Crippen molar-refractivity contribution in [1.82, 2.24) is 20.2 Å². The van der Waals surface area contributed by atoms with E-state index in [4.69, 9.17) is 15.1 Å². The zero-order valence-electron chi connectivity index (χ0n) is 21.7. The number of nitrogens with one attached hydrogen (secondary N) is 2. The van der Waals surface area contributed by atoms with Crippen LogP contribution in [0.15, 0.2) is 36.4 Å². The van der Waals surface area contributed by atoms with Crippen molar-refractivity contribution in [1.29, 1.82) is 0 Å². The number of benzene rings is 1. The summed E-state index contributed by atoms with van der Waals surface area (Å²) in [4.78, 5) is 13.7. The van der Waals surface area contributed by atoms with Gasteiger partial charge in [-0.2, -0.15) is 5.10 Å². The number of aromatic nitrogens is 4. The van der Waals surface area contributed by atoms with Crippen LogP contribution in [0.2, 0.25) is 0 Å². The second kappa shape index (κ2) is 10.5. The average Bonchev–Trinajstić information content (AvgIpc) is 3.49. The minimum absolute atomic E-state index is 0.152. The molecule has 1 unspecified atom stereocenters. The maximum Gasteiger partial charge on any atom is 0.251 e. The van der Waals surface area contributed by atoms with Crippen molar-refractivity contribution in [2.45, 2.75) is 44.4 Å². The third-order valence-corrected chi connectivity index (χ3v) is 9.17. The van der Waals surface area contributed by atoms with Gasteiger partial charge in [0.15, 0.2) is 11.6 Å². The lowest BCUT2D eigenvalue weighted by molar-refractivity contribution is -0.0221. The van der Waals surface area contributed by atoms with Crippen LogP contribution >= 0.6 is 0 Å². The molecule has 0 radical (unpaired) electrons. The van der Waals surface area contributed by atoms with Crippen LogP contribution in [0.5, 0.6) is 0 Å². The lowest BCUT2D eigenvalue weighted by Gasteiger charge is -2.35. The molecule has 6 rings (SSSR count). The van der Waals surface area contributed by atoms with Crippen LogP contribution in [0.4, 0.5) is 26.0 Å². The molecule has 2 aromatic heterocycles. The molecule has 3 aromatic rings. The van der Waals surface area contributed by atoms with Crippen molar-refractivity contribution in [3.05, 3.63) is 36.4 Å². The standard InChI is InChI=1S/C27H33F2N7O2S/c28-27(29)10-14-36(15-11-27)23-3-1-2-21(30-23)25-31-24(32-33-25)20-5-4-19(34-39(38)17-16-37)18-22(20)35-12-8-26(6-7-26)9-13-35/h1-5,18,34,37H,6-17H2,(H,31,32,33). The van der Waals surface area contributed by atoms with E-state index in [9.17, 15) is 13.0 Å². The van der Waals surface area contributed by atoms with Gasteiger partial charge in [-0.05, 0) is 61.4 Å². The fourth-order valence-corrected chi connectivity index (χ4v) is 6.16. The predicted octanol–water partition coefficient (Wildman–Crippen LogP) is 4.22. The molecule has 9 nitrogen and oxygen atoms in total. The maximum atomic E-state index is 13.6. The molecule has 4 heterocycles. The average molecular weight is 558 g/mol. The maximum absolute atomic E-state index is 13.6. The number of anilines is 3. The zero-order chi connectivity index (χ0) is 27.0. The predicted molar refractivity (Wildman–Crippen MR) is 148 cm³/mol. The normalized spacial score (nSPS) is 20.7. The number of aliphatic hydroxyl groups is 1. The number of halogens is 2. The summed E-state index contributed by atoms with van der Waals surface area (Å²) in [5.41, 5.74) is 3.66. The van der Waals surface area contributed by atoms with E-state index in [0.717, 1.165) is 37.2 Å². The molecular weight excluding hydrogens is 524 g/mol. The number of piperidine rings is 2. The molecule has 0 amide bonds. The molecule has 1 saturated carbocycles. The first-order valence-corrected chi connectivity index (χ1v) is 14.8. The second-order valence-electron chi connectivity index (χ2n) is 10.8. The van der Waals surface area contributed by atoms with E-state index in [1.54, 1.807) is 0 Å². The van der Waals surface area contributed by atoms with Crippen LogP contribution in [0.1, 0.15) is 38.5 Å². The van der Waals surface area contributed by atoms with Crippen molar-refractivity contribution in [2.24, 2.45) is 5.41 Å². The van der Waals surface area contributed by atoms with Gasteiger partial charge >= 0.3 is 0 Å². The number of H-pyrrole nitrogens is 1.